The summed E-state index contributed by atoms with van der Waals surface area (Å²) >= 11 is 0. The fraction of sp³-hybridized carbons (Fsp3) is 0.889. The molecule has 36 heavy (non-hydrogen) atoms. The number of carbonyl (C=O) groups is 2. The number of esters is 1. The van der Waals surface area contributed by atoms with E-state index < -0.39 is 8.15 Å². The number of amides is 1. The molecule has 2 fully saturated rings. The lowest BCUT2D eigenvalue weighted by atomic mass is 9.79. The number of unbranched alkanes of at least 4 members (excludes halogenated alkanes) is 2. The van der Waals surface area contributed by atoms with Gasteiger partial charge in [-0.3, -0.25) is 9.59 Å². The molecule has 0 N–H and O–H groups in total. The first-order valence-corrected chi connectivity index (χ1v) is 15.3. The van der Waals surface area contributed by atoms with E-state index in [1.54, 1.807) is 0 Å². The van der Waals surface area contributed by atoms with E-state index in [2.05, 4.69) is 32.3 Å². The predicted molar refractivity (Wildman–Crippen MR) is 142 cm³/mol. The molecule has 8 atom stereocenters. The number of likely N-dealkylation sites (tertiary alicyclic amines) is 1. The van der Waals surface area contributed by atoms with E-state index in [9.17, 15) is 9.59 Å². The SMILES string of the molecule is [2H]C[C@@H]1C[C@@H](OP(C)CCC[N+]#[C-])CN1C(=O)CCCCCO[C@@H]1OC(COC(C)=O)[C@H](C)[C@H](C)C1C. The summed E-state index contributed by atoms with van der Waals surface area (Å²) in [4.78, 5) is 29.3. The molecule has 8 nitrogen and oxygen atoms in total. The molecule has 2 saturated heterocycles. The Balaban J connectivity index is 1.67. The number of rotatable bonds is 14. The van der Waals surface area contributed by atoms with Crippen molar-refractivity contribution in [2.75, 3.05) is 39.1 Å². The topological polar surface area (TPSA) is 78.7 Å². The van der Waals surface area contributed by atoms with Gasteiger partial charge in [-0.25, -0.2) is 6.57 Å². The molecule has 1 amide bonds. The van der Waals surface area contributed by atoms with Crippen LogP contribution in [0.5, 0.6) is 0 Å². The van der Waals surface area contributed by atoms with Crippen molar-refractivity contribution in [3.63, 3.8) is 0 Å². The first-order valence-electron chi connectivity index (χ1n) is 14.1. The van der Waals surface area contributed by atoms with E-state index in [0.29, 0.717) is 32.0 Å². The molecule has 9 heteroatoms. The Bertz CT molecular complexity index is 753. The Kier molecular flexibility index (Phi) is 12.9. The molecule has 2 heterocycles. The minimum Gasteiger partial charge on any atom is -0.463 e. The van der Waals surface area contributed by atoms with Gasteiger partial charge in [0, 0.05) is 54.4 Å². The van der Waals surface area contributed by atoms with Crippen LogP contribution < -0.4 is 0 Å². The third-order valence-corrected chi connectivity index (χ3v) is 9.12. The molecular formula is C27H47N2O6P. The van der Waals surface area contributed by atoms with Gasteiger partial charge in [0.05, 0.1) is 12.2 Å². The van der Waals surface area contributed by atoms with Crippen LogP contribution in [-0.2, 0) is 28.3 Å². The van der Waals surface area contributed by atoms with Crippen molar-refractivity contribution in [3.8, 4) is 0 Å². The van der Waals surface area contributed by atoms with Crippen LogP contribution >= 0.6 is 8.15 Å². The van der Waals surface area contributed by atoms with Crippen molar-refractivity contribution in [2.24, 2.45) is 17.8 Å². The zero-order chi connectivity index (χ0) is 27.4. The summed E-state index contributed by atoms with van der Waals surface area (Å²) < 4.78 is 31.4. The highest BCUT2D eigenvalue weighted by Crippen LogP contribution is 2.38. The average molecular weight is 528 g/mol. The molecule has 2 aliphatic rings. The summed E-state index contributed by atoms with van der Waals surface area (Å²) in [6.07, 6.45) is 5.00. The van der Waals surface area contributed by atoms with Crippen molar-refractivity contribution in [2.45, 2.75) is 97.7 Å². The van der Waals surface area contributed by atoms with Crippen LogP contribution in [0.1, 0.15) is 74.5 Å². The molecule has 0 aromatic heterocycles. The summed E-state index contributed by atoms with van der Waals surface area (Å²) in [6.45, 7) is 19.0. The van der Waals surface area contributed by atoms with Crippen LogP contribution in [0.15, 0.2) is 0 Å². The summed E-state index contributed by atoms with van der Waals surface area (Å²) in [7, 11) is -0.595. The maximum atomic E-state index is 12.9. The standard InChI is InChI=1S/C27H47N2O6P/c1-19-16-24(35-36(7)15-11-13-28-6)17-29(19)26(31)12-9-8-10-14-32-27-22(4)20(2)21(3)25(34-27)18-33-23(5)30/h19-22,24-25,27H,8-18H2,1-5,7H3/t19-,20+,21-,22?,24-,25?,27-,36?/m1/s1/i1D. The molecule has 206 valence electrons. The van der Waals surface area contributed by atoms with E-state index in [0.717, 1.165) is 38.3 Å². The Morgan fingerprint density at radius 1 is 1.17 bits per heavy atom. The van der Waals surface area contributed by atoms with Gasteiger partial charge in [-0.1, -0.05) is 27.2 Å². The normalized spacial score (nSPS) is 31.5. The molecule has 0 aromatic rings. The van der Waals surface area contributed by atoms with Crippen LogP contribution in [-0.4, -0.2) is 80.4 Å². The second kappa shape index (κ2) is 15.9. The molecule has 0 aliphatic carbocycles. The maximum absolute atomic E-state index is 12.9. The van der Waals surface area contributed by atoms with Crippen LogP contribution in [0.3, 0.4) is 0 Å². The molecular weight excluding hydrogens is 479 g/mol. The first kappa shape index (κ1) is 29.3. The fourth-order valence-electron chi connectivity index (χ4n) is 4.90. The molecule has 3 unspecified atom stereocenters. The van der Waals surface area contributed by atoms with Crippen LogP contribution in [0, 0.1) is 24.3 Å². The highest BCUT2D eigenvalue weighted by atomic mass is 31.1. The minimum atomic E-state index is -0.595. The maximum Gasteiger partial charge on any atom is 0.302 e. The highest BCUT2D eigenvalue weighted by molar-refractivity contribution is 7.51. The van der Waals surface area contributed by atoms with E-state index in [1.807, 2.05) is 4.90 Å². The Morgan fingerprint density at radius 2 is 1.94 bits per heavy atom. The lowest BCUT2D eigenvalue weighted by Gasteiger charge is -2.43. The number of carbonyl (C=O) groups excluding carboxylic acids is 2. The predicted octanol–water partition coefficient (Wildman–Crippen LogP) is 5.10. The molecule has 2 aliphatic heterocycles. The minimum absolute atomic E-state index is 0.00372. The van der Waals surface area contributed by atoms with Crippen molar-refractivity contribution in [3.05, 3.63) is 11.4 Å². The second-order valence-electron chi connectivity index (χ2n) is 10.4. The zero-order valence-corrected chi connectivity index (χ0v) is 23.7. The largest absolute Gasteiger partial charge is 0.463 e. The Labute approximate surface area is 220 Å². The smallest absolute Gasteiger partial charge is 0.302 e. The third-order valence-electron chi connectivity index (χ3n) is 7.52. The van der Waals surface area contributed by atoms with E-state index in [-0.39, 0.29) is 61.8 Å². The average Bonchev–Trinajstić information content (AvgIpc) is 3.27. The van der Waals surface area contributed by atoms with Crippen molar-refractivity contribution in [1.82, 2.24) is 4.90 Å². The van der Waals surface area contributed by atoms with E-state index >= 15 is 0 Å². The van der Waals surface area contributed by atoms with Gasteiger partial charge in [-0.05, 0) is 50.8 Å². The summed E-state index contributed by atoms with van der Waals surface area (Å²) in [6, 6.07) is -0.0679. The van der Waals surface area contributed by atoms with Gasteiger partial charge in [0.1, 0.15) is 6.61 Å². The van der Waals surface area contributed by atoms with Crippen LogP contribution in [0.4, 0.5) is 0 Å². The summed E-state index contributed by atoms with van der Waals surface area (Å²) in [5, 5.41) is 0. The molecule has 0 saturated carbocycles. The summed E-state index contributed by atoms with van der Waals surface area (Å²) in [5.41, 5.74) is 0. The molecule has 0 spiro atoms. The zero-order valence-electron chi connectivity index (χ0n) is 23.8. The summed E-state index contributed by atoms with van der Waals surface area (Å²) in [5.74, 6) is 0.714. The lowest BCUT2D eigenvalue weighted by molar-refractivity contribution is -0.255. The monoisotopic (exact) mass is 527 g/mol. The van der Waals surface area contributed by atoms with Gasteiger partial charge in [-0.15, -0.1) is 0 Å². The van der Waals surface area contributed by atoms with Crippen LogP contribution in [0.25, 0.3) is 4.85 Å². The van der Waals surface area contributed by atoms with E-state index in [4.69, 9.17) is 26.7 Å². The van der Waals surface area contributed by atoms with Crippen molar-refractivity contribution in [1.29, 1.82) is 0 Å². The van der Waals surface area contributed by atoms with Gasteiger partial charge in [-0.2, -0.15) is 0 Å². The first-order chi connectivity index (χ1) is 17.7. The molecule has 2 rings (SSSR count). The quantitative estimate of drug-likeness (QED) is 0.135. The van der Waals surface area contributed by atoms with Crippen molar-refractivity contribution < 1.29 is 29.7 Å². The molecule has 0 radical (unpaired) electrons. The van der Waals surface area contributed by atoms with Gasteiger partial charge in [0.25, 0.3) is 0 Å². The van der Waals surface area contributed by atoms with Gasteiger partial charge in [0.2, 0.25) is 12.5 Å². The Morgan fingerprint density at radius 3 is 2.64 bits per heavy atom. The molecule has 0 aromatic carbocycles. The number of ether oxygens (including phenoxy) is 3. The van der Waals surface area contributed by atoms with Crippen LogP contribution in [0.2, 0.25) is 0 Å². The van der Waals surface area contributed by atoms with Crippen molar-refractivity contribution >= 4 is 20.0 Å². The van der Waals surface area contributed by atoms with Gasteiger partial charge in [0.15, 0.2) is 6.29 Å². The molecule has 0 bridgehead atoms. The van der Waals surface area contributed by atoms with E-state index in [1.165, 1.54) is 6.92 Å². The van der Waals surface area contributed by atoms with Gasteiger partial charge < -0.3 is 28.5 Å². The third kappa shape index (κ3) is 9.89. The number of nitrogens with zero attached hydrogens (tertiary/aromatic N) is 2. The van der Waals surface area contributed by atoms with Gasteiger partial charge >= 0.3 is 5.97 Å². The second-order valence-corrected chi connectivity index (χ2v) is 12.3. The lowest BCUT2D eigenvalue weighted by Crippen LogP contribution is -2.47. The number of hydrogen-bond acceptors (Lipinski definition) is 6. The fourth-order valence-corrected chi connectivity index (χ4v) is 6.25. The Hall–Kier alpha value is -1.26. The number of hydrogen-bond donors (Lipinski definition) is 0. The highest BCUT2D eigenvalue weighted by Gasteiger charge is 2.40.